The summed E-state index contributed by atoms with van der Waals surface area (Å²) in [7, 11) is 0. The van der Waals surface area contributed by atoms with Crippen molar-refractivity contribution in [3.05, 3.63) is 15.6 Å². The van der Waals surface area contributed by atoms with Gasteiger partial charge in [-0.2, -0.15) is 11.8 Å². The Balaban J connectivity index is 1.68. The summed E-state index contributed by atoms with van der Waals surface area (Å²) in [5.74, 6) is 2.72. The number of aromatic nitrogens is 1. The number of hydrogen-bond donors (Lipinski definition) is 1. The van der Waals surface area contributed by atoms with Crippen LogP contribution < -0.4 is 5.32 Å². The fraction of sp³-hybridized carbons (Fsp3) is 0.812. The molecule has 1 aliphatic heterocycles. The van der Waals surface area contributed by atoms with Gasteiger partial charge in [-0.15, -0.1) is 11.3 Å². The van der Waals surface area contributed by atoms with Gasteiger partial charge < -0.3 is 5.32 Å². The second-order valence-electron chi connectivity index (χ2n) is 6.50. The van der Waals surface area contributed by atoms with Crippen molar-refractivity contribution in [1.82, 2.24) is 10.3 Å². The van der Waals surface area contributed by atoms with E-state index in [9.17, 15) is 0 Å². The van der Waals surface area contributed by atoms with E-state index in [1.54, 1.807) is 4.88 Å². The lowest BCUT2D eigenvalue weighted by atomic mass is 9.91. The van der Waals surface area contributed by atoms with Crippen LogP contribution in [0.15, 0.2) is 0 Å². The fourth-order valence-corrected chi connectivity index (χ4v) is 5.89. The van der Waals surface area contributed by atoms with E-state index >= 15 is 0 Å². The highest BCUT2D eigenvalue weighted by molar-refractivity contribution is 7.99. The molecule has 1 fully saturated rings. The Morgan fingerprint density at radius 3 is 2.95 bits per heavy atom. The van der Waals surface area contributed by atoms with Crippen LogP contribution >= 0.6 is 23.1 Å². The molecule has 1 N–H and O–H groups in total. The van der Waals surface area contributed by atoms with E-state index in [-0.39, 0.29) is 0 Å². The molecule has 0 saturated carbocycles. The molecule has 1 aliphatic carbocycles. The maximum absolute atomic E-state index is 5.07. The summed E-state index contributed by atoms with van der Waals surface area (Å²) in [5, 5.41) is 5.76. The molecule has 0 bridgehead atoms. The Morgan fingerprint density at radius 1 is 1.30 bits per heavy atom. The van der Waals surface area contributed by atoms with Gasteiger partial charge in [-0.1, -0.05) is 13.8 Å². The molecule has 2 atom stereocenters. The number of nitrogens with zero attached hydrogens (tertiary/aromatic N) is 1. The molecule has 0 aromatic carbocycles. The Morgan fingerprint density at radius 2 is 2.20 bits per heavy atom. The second-order valence-corrected chi connectivity index (χ2v) is 8.93. The molecular formula is C16H26N2S2. The van der Waals surface area contributed by atoms with Gasteiger partial charge >= 0.3 is 0 Å². The van der Waals surface area contributed by atoms with Crippen LogP contribution in [0, 0.1) is 5.92 Å². The molecule has 0 amide bonds. The highest BCUT2D eigenvalue weighted by atomic mass is 32.2. The average molecular weight is 311 g/mol. The van der Waals surface area contributed by atoms with E-state index in [0.717, 1.165) is 19.0 Å². The molecule has 2 unspecified atom stereocenters. The predicted octanol–water partition coefficient (Wildman–Crippen LogP) is 4.38. The van der Waals surface area contributed by atoms with Gasteiger partial charge in [0.1, 0.15) is 5.01 Å². The van der Waals surface area contributed by atoms with E-state index in [0.29, 0.717) is 11.2 Å². The predicted molar refractivity (Wildman–Crippen MR) is 89.9 cm³/mol. The number of hydrogen-bond acceptors (Lipinski definition) is 4. The quantitative estimate of drug-likeness (QED) is 0.874. The van der Waals surface area contributed by atoms with Crippen LogP contribution in [0.25, 0.3) is 0 Å². The van der Waals surface area contributed by atoms with Gasteiger partial charge in [0.05, 0.1) is 10.9 Å². The molecule has 2 nitrogen and oxygen atoms in total. The molecule has 3 rings (SSSR count). The van der Waals surface area contributed by atoms with E-state index in [4.69, 9.17) is 4.98 Å². The summed E-state index contributed by atoms with van der Waals surface area (Å²) < 4.78 is 0. The molecule has 112 valence electrons. The SMILES string of the molecule is CC(C)CNCC1CCCc2sc(C3CCCS3)nc21. The molecule has 2 aliphatic rings. The van der Waals surface area contributed by atoms with Gasteiger partial charge in [0.2, 0.25) is 0 Å². The van der Waals surface area contributed by atoms with Crippen molar-refractivity contribution in [2.75, 3.05) is 18.8 Å². The summed E-state index contributed by atoms with van der Waals surface area (Å²) in [5.41, 5.74) is 1.44. The highest BCUT2D eigenvalue weighted by Crippen LogP contribution is 2.44. The molecule has 0 radical (unpaired) electrons. The van der Waals surface area contributed by atoms with E-state index < -0.39 is 0 Å². The molecule has 1 aromatic rings. The average Bonchev–Trinajstić information content (AvgIpc) is 3.07. The van der Waals surface area contributed by atoms with Gasteiger partial charge in [-0.25, -0.2) is 4.98 Å². The molecule has 0 spiro atoms. The van der Waals surface area contributed by atoms with Crippen molar-refractivity contribution in [3.63, 3.8) is 0 Å². The molecule has 2 heterocycles. The molecule has 1 saturated heterocycles. The van der Waals surface area contributed by atoms with Gasteiger partial charge in [-0.05, 0) is 50.3 Å². The van der Waals surface area contributed by atoms with E-state index in [1.807, 2.05) is 11.3 Å². The van der Waals surface area contributed by atoms with Crippen molar-refractivity contribution in [1.29, 1.82) is 0 Å². The summed E-state index contributed by atoms with van der Waals surface area (Å²) in [4.78, 5) is 6.66. The third-order valence-electron chi connectivity index (χ3n) is 4.24. The molecule has 4 heteroatoms. The number of fused-ring (bicyclic) bond motifs is 1. The van der Waals surface area contributed by atoms with Crippen LogP contribution in [-0.2, 0) is 6.42 Å². The fourth-order valence-electron chi connectivity index (χ4n) is 3.18. The monoisotopic (exact) mass is 310 g/mol. The first-order chi connectivity index (χ1) is 9.74. The number of nitrogens with one attached hydrogen (secondary N) is 1. The summed E-state index contributed by atoms with van der Waals surface area (Å²) >= 11 is 4.13. The zero-order valence-corrected chi connectivity index (χ0v) is 14.3. The van der Waals surface area contributed by atoms with Crippen LogP contribution in [0.1, 0.15) is 66.3 Å². The van der Waals surface area contributed by atoms with Gasteiger partial charge in [0.25, 0.3) is 0 Å². The van der Waals surface area contributed by atoms with Crippen LogP contribution in [0.4, 0.5) is 0 Å². The first-order valence-corrected chi connectivity index (χ1v) is 9.92. The van der Waals surface area contributed by atoms with Crippen molar-refractivity contribution < 1.29 is 0 Å². The third kappa shape index (κ3) is 3.40. The Labute approximate surface area is 131 Å². The van der Waals surface area contributed by atoms with Gasteiger partial charge in [0.15, 0.2) is 0 Å². The van der Waals surface area contributed by atoms with Crippen LogP contribution in [0.2, 0.25) is 0 Å². The minimum absolute atomic E-state index is 0.661. The second kappa shape index (κ2) is 6.80. The lowest BCUT2D eigenvalue weighted by Gasteiger charge is -2.22. The summed E-state index contributed by atoms with van der Waals surface area (Å²) in [6, 6.07) is 0. The number of aryl methyl sites for hydroxylation is 1. The highest BCUT2D eigenvalue weighted by Gasteiger charge is 2.28. The molecule has 20 heavy (non-hydrogen) atoms. The largest absolute Gasteiger partial charge is 0.316 e. The first-order valence-electron chi connectivity index (χ1n) is 8.06. The Bertz CT molecular complexity index is 436. The van der Waals surface area contributed by atoms with E-state index in [2.05, 4.69) is 30.9 Å². The number of thiazole rings is 1. The van der Waals surface area contributed by atoms with Crippen molar-refractivity contribution >= 4 is 23.1 Å². The Kier molecular flexibility index (Phi) is 5.05. The standard InChI is InChI=1S/C16H26N2S2/c1-11(2)9-17-10-12-5-3-6-13-15(12)18-16(20-13)14-7-4-8-19-14/h11-12,14,17H,3-10H2,1-2H3. The topological polar surface area (TPSA) is 24.9 Å². The number of rotatable bonds is 5. The Hall–Kier alpha value is -0.0600. The first kappa shape index (κ1) is 14.9. The van der Waals surface area contributed by atoms with Crippen molar-refractivity contribution in [2.45, 2.75) is 57.1 Å². The van der Waals surface area contributed by atoms with E-state index in [1.165, 1.54) is 48.6 Å². The lowest BCUT2D eigenvalue weighted by Crippen LogP contribution is -2.27. The third-order valence-corrected chi connectivity index (χ3v) is 7.02. The van der Waals surface area contributed by atoms with Gasteiger partial charge in [-0.3, -0.25) is 0 Å². The minimum Gasteiger partial charge on any atom is -0.316 e. The van der Waals surface area contributed by atoms with Crippen molar-refractivity contribution in [3.8, 4) is 0 Å². The molecular weight excluding hydrogens is 284 g/mol. The lowest BCUT2D eigenvalue weighted by molar-refractivity contribution is 0.472. The maximum atomic E-state index is 5.07. The minimum atomic E-state index is 0.661. The summed E-state index contributed by atoms with van der Waals surface area (Å²) in [6.45, 7) is 6.79. The summed E-state index contributed by atoms with van der Waals surface area (Å²) in [6.07, 6.45) is 6.65. The number of thioether (sulfide) groups is 1. The maximum Gasteiger partial charge on any atom is 0.106 e. The zero-order valence-electron chi connectivity index (χ0n) is 12.7. The normalized spacial score (nSPS) is 26.1. The zero-order chi connectivity index (χ0) is 13.9. The van der Waals surface area contributed by atoms with Crippen LogP contribution in [0.3, 0.4) is 0 Å². The van der Waals surface area contributed by atoms with Crippen LogP contribution in [0.5, 0.6) is 0 Å². The van der Waals surface area contributed by atoms with Crippen LogP contribution in [-0.4, -0.2) is 23.8 Å². The smallest absolute Gasteiger partial charge is 0.106 e. The molecule has 1 aromatic heterocycles. The van der Waals surface area contributed by atoms with Gasteiger partial charge in [0, 0.05) is 17.3 Å². The van der Waals surface area contributed by atoms with Crippen molar-refractivity contribution in [2.24, 2.45) is 5.92 Å².